The molecule has 0 saturated carbocycles. The minimum absolute atomic E-state index is 0.209. The van der Waals surface area contributed by atoms with Gasteiger partial charge in [-0.05, 0) is 12.8 Å². The van der Waals surface area contributed by atoms with Gasteiger partial charge in [0.1, 0.15) is 0 Å². The molecule has 0 rings (SSSR count). The van der Waals surface area contributed by atoms with E-state index < -0.39 is 12.6 Å². The summed E-state index contributed by atoms with van der Waals surface area (Å²) in [6, 6.07) is 0. The van der Waals surface area contributed by atoms with E-state index in [0.717, 1.165) is 25.7 Å². The number of carbonyl (C=O) groups excluding carboxylic acids is 1. The molecule has 0 aliphatic heterocycles. The van der Waals surface area contributed by atoms with Crippen LogP contribution in [0.15, 0.2) is 0 Å². The predicted molar refractivity (Wildman–Crippen MR) is 55.0 cm³/mol. The van der Waals surface area contributed by atoms with Gasteiger partial charge in [-0.3, -0.25) is 4.79 Å². The highest BCUT2D eigenvalue weighted by Crippen LogP contribution is 2.23. The van der Waals surface area contributed by atoms with Crippen LogP contribution in [0.25, 0.3) is 0 Å². The van der Waals surface area contributed by atoms with E-state index in [1.54, 1.807) is 0 Å². The van der Waals surface area contributed by atoms with Gasteiger partial charge in [-0.25, -0.2) is 0 Å². The molecule has 0 aromatic carbocycles. The molecule has 0 aromatic rings. The first kappa shape index (κ1) is 15.3. The van der Waals surface area contributed by atoms with Crippen molar-refractivity contribution in [1.29, 1.82) is 0 Å². The first-order valence-corrected chi connectivity index (χ1v) is 5.59. The zero-order valence-electron chi connectivity index (χ0n) is 9.61. The van der Waals surface area contributed by atoms with Gasteiger partial charge in [0.15, 0.2) is 0 Å². The number of hydrogen-bond acceptors (Lipinski definition) is 2. The molecule has 96 valence electrons. The third kappa shape index (κ3) is 11.3. The van der Waals surface area contributed by atoms with Crippen LogP contribution < -0.4 is 0 Å². The van der Waals surface area contributed by atoms with Gasteiger partial charge in [0, 0.05) is 12.8 Å². The number of rotatable bonds is 8. The third-order valence-electron chi connectivity index (χ3n) is 2.32. The Morgan fingerprint density at radius 1 is 1.00 bits per heavy atom. The Bertz CT molecular complexity index is 190. The molecule has 0 aliphatic rings. The quantitative estimate of drug-likeness (QED) is 0.476. The van der Waals surface area contributed by atoms with E-state index in [0.29, 0.717) is 12.8 Å². The van der Waals surface area contributed by atoms with Crippen LogP contribution in [0.5, 0.6) is 0 Å². The SMILES string of the molecule is COC(=O)CCCCCCCCC(F)(F)F. The Kier molecular flexibility index (Phi) is 8.03. The second-order valence-electron chi connectivity index (χ2n) is 3.81. The molecule has 0 heterocycles. The van der Waals surface area contributed by atoms with Crippen LogP contribution in [0.3, 0.4) is 0 Å². The zero-order chi connectivity index (χ0) is 12.4. The molecule has 0 aromatic heterocycles. The van der Waals surface area contributed by atoms with Crippen LogP contribution in [0.2, 0.25) is 0 Å². The molecular formula is C11H19F3O2. The number of methoxy groups -OCH3 is 1. The molecule has 0 atom stereocenters. The minimum atomic E-state index is -4.02. The monoisotopic (exact) mass is 240 g/mol. The summed E-state index contributed by atoms with van der Waals surface area (Å²) in [6.45, 7) is 0. The van der Waals surface area contributed by atoms with Crippen molar-refractivity contribution in [2.45, 2.75) is 57.5 Å². The number of ether oxygens (including phenoxy) is 1. The lowest BCUT2D eigenvalue weighted by Gasteiger charge is -2.05. The van der Waals surface area contributed by atoms with Crippen molar-refractivity contribution < 1.29 is 22.7 Å². The number of esters is 1. The van der Waals surface area contributed by atoms with Crippen molar-refractivity contribution in [2.75, 3.05) is 7.11 Å². The van der Waals surface area contributed by atoms with Gasteiger partial charge in [0.25, 0.3) is 0 Å². The fourth-order valence-corrected chi connectivity index (χ4v) is 1.40. The van der Waals surface area contributed by atoms with E-state index in [2.05, 4.69) is 4.74 Å². The lowest BCUT2D eigenvalue weighted by molar-refractivity contribution is -0.140. The molecule has 0 fully saturated rings. The summed E-state index contributed by atoms with van der Waals surface area (Å²) >= 11 is 0. The fourth-order valence-electron chi connectivity index (χ4n) is 1.40. The largest absolute Gasteiger partial charge is 0.469 e. The van der Waals surface area contributed by atoms with Crippen LogP contribution >= 0.6 is 0 Å². The third-order valence-corrected chi connectivity index (χ3v) is 2.32. The predicted octanol–water partition coefficient (Wildman–Crippen LogP) is 3.84. The van der Waals surface area contributed by atoms with Crippen LogP contribution in [0.4, 0.5) is 13.2 Å². The van der Waals surface area contributed by atoms with Gasteiger partial charge < -0.3 is 4.74 Å². The van der Waals surface area contributed by atoms with Crippen molar-refractivity contribution in [3.63, 3.8) is 0 Å². The van der Waals surface area contributed by atoms with Crippen LogP contribution in [-0.4, -0.2) is 19.3 Å². The number of alkyl halides is 3. The lowest BCUT2D eigenvalue weighted by atomic mass is 10.1. The Balaban J connectivity index is 3.13. The molecule has 0 unspecified atom stereocenters. The Labute approximate surface area is 94.2 Å². The van der Waals surface area contributed by atoms with E-state index >= 15 is 0 Å². The van der Waals surface area contributed by atoms with Crippen molar-refractivity contribution in [3.8, 4) is 0 Å². The fraction of sp³-hybridized carbons (Fsp3) is 0.909. The molecule has 0 aliphatic carbocycles. The summed E-state index contributed by atoms with van der Waals surface area (Å²) in [6.07, 6.45) is -0.170. The smallest absolute Gasteiger partial charge is 0.389 e. The molecule has 0 spiro atoms. The van der Waals surface area contributed by atoms with E-state index in [1.807, 2.05) is 0 Å². The van der Waals surface area contributed by atoms with E-state index in [-0.39, 0.29) is 12.4 Å². The first-order chi connectivity index (χ1) is 7.45. The maximum atomic E-state index is 11.8. The molecular weight excluding hydrogens is 221 g/mol. The first-order valence-electron chi connectivity index (χ1n) is 5.59. The number of carbonyl (C=O) groups is 1. The van der Waals surface area contributed by atoms with Crippen LogP contribution in [0.1, 0.15) is 51.4 Å². The number of unbranched alkanes of at least 4 members (excludes halogenated alkanes) is 5. The summed E-state index contributed by atoms with van der Waals surface area (Å²) in [7, 11) is 1.35. The maximum absolute atomic E-state index is 11.8. The molecule has 0 N–H and O–H groups in total. The normalized spacial score (nSPS) is 11.5. The molecule has 0 radical (unpaired) electrons. The highest BCUT2D eigenvalue weighted by molar-refractivity contribution is 5.68. The van der Waals surface area contributed by atoms with Crippen molar-refractivity contribution in [2.24, 2.45) is 0 Å². The van der Waals surface area contributed by atoms with Crippen molar-refractivity contribution in [1.82, 2.24) is 0 Å². The van der Waals surface area contributed by atoms with Gasteiger partial charge in [-0.1, -0.05) is 25.7 Å². The second kappa shape index (κ2) is 8.42. The van der Waals surface area contributed by atoms with Gasteiger partial charge in [0.05, 0.1) is 7.11 Å². The standard InChI is InChI=1S/C11H19F3O2/c1-16-10(15)8-6-4-2-3-5-7-9-11(12,13)14/h2-9H2,1H3. The van der Waals surface area contributed by atoms with Gasteiger partial charge in [0.2, 0.25) is 0 Å². The van der Waals surface area contributed by atoms with Gasteiger partial charge in [-0.15, -0.1) is 0 Å². The van der Waals surface area contributed by atoms with Gasteiger partial charge >= 0.3 is 12.1 Å². The zero-order valence-corrected chi connectivity index (χ0v) is 9.61. The Morgan fingerprint density at radius 3 is 2.00 bits per heavy atom. The van der Waals surface area contributed by atoms with Gasteiger partial charge in [-0.2, -0.15) is 13.2 Å². The van der Waals surface area contributed by atoms with Crippen molar-refractivity contribution in [3.05, 3.63) is 0 Å². The summed E-state index contributed by atoms with van der Waals surface area (Å²) < 4.78 is 39.8. The topological polar surface area (TPSA) is 26.3 Å². The van der Waals surface area contributed by atoms with Crippen LogP contribution in [-0.2, 0) is 9.53 Å². The summed E-state index contributed by atoms with van der Waals surface area (Å²) in [5, 5.41) is 0. The number of halogens is 3. The molecule has 5 heteroatoms. The summed E-state index contributed by atoms with van der Waals surface area (Å²) in [5.41, 5.74) is 0. The molecule has 0 amide bonds. The molecule has 16 heavy (non-hydrogen) atoms. The van der Waals surface area contributed by atoms with E-state index in [9.17, 15) is 18.0 Å². The average Bonchev–Trinajstić information content (AvgIpc) is 2.20. The van der Waals surface area contributed by atoms with Crippen molar-refractivity contribution >= 4 is 5.97 Å². The Morgan fingerprint density at radius 2 is 1.50 bits per heavy atom. The van der Waals surface area contributed by atoms with E-state index in [1.165, 1.54) is 7.11 Å². The van der Waals surface area contributed by atoms with Crippen LogP contribution in [0, 0.1) is 0 Å². The number of hydrogen-bond donors (Lipinski definition) is 0. The highest BCUT2D eigenvalue weighted by Gasteiger charge is 2.25. The molecule has 2 nitrogen and oxygen atoms in total. The highest BCUT2D eigenvalue weighted by atomic mass is 19.4. The molecule has 0 saturated heterocycles. The maximum Gasteiger partial charge on any atom is 0.389 e. The summed E-state index contributed by atoms with van der Waals surface area (Å²) in [5.74, 6) is -0.225. The summed E-state index contributed by atoms with van der Waals surface area (Å²) in [4.78, 5) is 10.7. The average molecular weight is 240 g/mol. The second-order valence-corrected chi connectivity index (χ2v) is 3.81. The lowest BCUT2D eigenvalue weighted by Crippen LogP contribution is -2.06. The minimum Gasteiger partial charge on any atom is -0.469 e. The van der Waals surface area contributed by atoms with E-state index in [4.69, 9.17) is 0 Å². The Hall–Kier alpha value is -0.740. The molecule has 0 bridgehead atoms.